The highest BCUT2D eigenvalue weighted by Crippen LogP contribution is 2.47. The largest absolute Gasteiger partial charge is 0.347 e. The van der Waals surface area contributed by atoms with Crippen molar-refractivity contribution in [2.24, 2.45) is 0 Å². The minimum Gasteiger partial charge on any atom is -0.347 e. The highest BCUT2D eigenvalue weighted by atomic mass is 32.1. The molecule has 2 aromatic heterocycles. The molecule has 1 aliphatic carbocycles. The SMILES string of the molecule is CN(c1nnc(C2C=CC(c3cn[nH]c3)=C(F)C2(C)F)s1)C1CC(C)(C)NC(C)(C)C1. The van der Waals surface area contributed by atoms with Crippen LogP contribution in [0.3, 0.4) is 0 Å². The summed E-state index contributed by atoms with van der Waals surface area (Å²) in [5, 5.41) is 19.9. The van der Waals surface area contributed by atoms with Crippen LogP contribution < -0.4 is 10.2 Å². The first kappa shape index (κ1) is 22.1. The number of halogens is 2. The van der Waals surface area contributed by atoms with Crippen molar-refractivity contribution < 1.29 is 8.78 Å². The molecule has 1 saturated heterocycles. The van der Waals surface area contributed by atoms with Crippen LogP contribution in [0.15, 0.2) is 30.4 Å². The Kier molecular flexibility index (Phi) is 5.33. The quantitative estimate of drug-likeness (QED) is 0.705. The fourth-order valence-corrected chi connectivity index (χ4v) is 6.04. The van der Waals surface area contributed by atoms with Gasteiger partial charge in [0.2, 0.25) is 5.13 Å². The van der Waals surface area contributed by atoms with Crippen LogP contribution in [0.5, 0.6) is 0 Å². The van der Waals surface area contributed by atoms with E-state index in [1.54, 1.807) is 18.3 Å². The van der Waals surface area contributed by atoms with Gasteiger partial charge in [0, 0.05) is 41.5 Å². The van der Waals surface area contributed by atoms with Gasteiger partial charge in [-0.15, -0.1) is 10.2 Å². The molecule has 0 spiro atoms. The summed E-state index contributed by atoms with van der Waals surface area (Å²) in [6.45, 7) is 10.1. The zero-order valence-corrected chi connectivity index (χ0v) is 19.6. The van der Waals surface area contributed by atoms with Crippen molar-refractivity contribution in [1.29, 1.82) is 0 Å². The molecule has 1 fully saturated rings. The second kappa shape index (κ2) is 7.48. The summed E-state index contributed by atoms with van der Waals surface area (Å²) < 4.78 is 30.7. The minimum absolute atomic E-state index is 0.00474. The van der Waals surface area contributed by atoms with Crippen LogP contribution in [0, 0.1) is 0 Å². The van der Waals surface area contributed by atoms with Gasteiger partial charge in [0.1, 0.15) is 10.8 Å². The number of aromatic amines is 1. The fourth-order valence-electron chi connectivity index (χ4n) is 4.97. The van der Waals surface area contributed by atoms with E-state index in [1.165, 1.54) is 24.5 Å². The fraction of sp³-hybridized carbons (Fsp3) is 0.591. The number of piperidine rings is 1. The number of allylic oxidation sites excluding steroid dienone is 4. The molecule has 2 aliphatic rings. The average Bonchev–Trinajstić information content (AvgIpc) is 3.32. The molecule has 9 heteroatoms. The van der Waals surface area contributed by atoms with Gasteiger partial charge in [0.05, 0.1) is 12.1 Å². The van der Waals surface area contributed by atoms with Gasteiger partial charge in [-0.25, -0.2) is 8.78 Å². The lowest BCUT2D eigenvalue weighted by Gasteiger charge is -2.48. The van der Waals surface area contributed by atoms with Gasteiger partial charge in [-0.2, -0.15) is 5.10 Å². The van der Waals surface area contributed by atoms with E-state index in [1.807, 2.05) is 7.05 Å². The Morgan fingerprint density at radius 3 is 2.42 bits per heavy atom. The molecule has 6 nitrogen and oxygen atoms in total. The van der Waals surface area contributed by atoms with Gasteiger partial charge >= 0.3 is 0 Å². The highest BCUT2D eigenvalue weighted by Gasteiger charge is 2.45. The van der Waals surface area contributed by atoms with Crippen LogP contribution in [0.2, 0.25) is 0 Å². The molecule has 2 atom stereocenters. The maximum absolute atomic E-state index is 15.6. The van der Waals surface area contributed by atoms with Crippen molar-refractivity contribution in [2.75, 3.05) is 11.9 Å². The Hall–Kier alpha value is -2.13. The summed E-state index contributed by atoms with van der Waals surface area (Å²) in [5.41, 5.74) is -1.50. The molecule has 3 heterocycles. The molecule has 0 amide bonds. The topological polar surface area (TPSA) is 69.7 Å². The van der Waals surface area contributed by atoms with Crippen molar-refractivity contribution in [3.05, 3.63) is 40.9 Å². The van der Waals surface area contributed by atoms with E-state index < -0.39 is 17.4 Å². The molecule has 0 bridgehead atoms. The number of hydrogen-bond acceptors (Lipinski definition) is 6. The predicted octanol–water partition coefficient (Wildman–Crippen LogP) is 4.77. The first-order valence-electron chi connectivity index (χ1n) is 10.5. The highest BCUT2D eigenvalue weighted by molar-refractivity contribution is 7.15. The van der Waals surface area contributed by atoms with Crippen molar-refractivity contribution in [3.63, 3.8) is 0 Å². The van der Waals surface area contributed by atoms with Crippen molar-refractivity contribution in [2.45, 2.75) is 76.2 Å². The summed E-state index contributed by atoms with van der Waals surface area (Å²) in [4.78, 5) is 2.14. The standard InChI is InChI=1S/C22H30F2N6S/c1-20(2)9-14(10-21(3,4)29-20)30(6)19-28-27-18(31-19)16-8-7-15(13-11-25-26-12-13)17(23)22(16,5)24/h7-8,11-12,14,16,29H,9-10H2,1-6H3,(H,25,26). The number of anilines is 1. The number of rotatable bonds is 4. The van der Waals surface area contributed by atoms with Crippen LogP contribution in [0.4, 0.5) is 13.9 Å². The van der Waals surface area contributed by atoms with Crippen LogP contribution in [0.25, 0.3) is 5.57 Å². The number of aromatic nitrogens is 4. The van der Waals surface area contributed by atoms with Gasteiger partial charge in [0.15, 0.2) is 5.67 Å². The molecule has 1 aliphatic heterocycles. The minimum atomic E-state index is -2.21. The average molecular weight is 449 g/mol. The normalized spacial score (nSPS) is 28.2. The number of nitrogens with zero attached hydrogens (tertiary/aromatic N) is 4. The van der Waals surface area contributed by atoms with E-state index in [0.29, 0.717) is 10.6 Å². The smallest absolute Gasteiger partial charge is 0.208 e. The summed E-state index contributed by atoms with van der Waals surface area (Å²) in [7, 11) is 2.01. The Bertz CT molecular complexity index is 989. The van der Waals surface area contributed by atoms with E-state index >= 15 is 8.78 Å². The molecule has 0 radical (unpaired) electrons. The van der Waals surface area contributed by atoms with Gasteiger partial charge in [-0.1, -0.05) is 23.5 Å². The van der Waals surface area contributed by atoms with Crippen molar-refractivity contribution in [3.8, 4) is 0 Å². The van der Waals surface area contributed by atoms with E-state index in [2.05, 4.69) is 58.3 Å². The third-order valence-electron chi connectivity index (χ3n) is 6.23. The molecule has 2 N–H and O–H groups in total. The lowest BCUT2D eigenvalue weighted by atomic mass is 9.79. The first-order chi connectivity index (χ1) is 14.4. The Morgan fingerprint density at radius 1 is 1.13 bits per heavy atom. The Morgan fingerprint density at radius 2 is 1.81 bits per heavy atom. The third-order valence-corrected chi connectivity index (χ3v) is 7.33. The molecule has 4 rings (SSSR count). The predicted molar refractivity (Wildman–Crippen MR) is 121 cm³/mol. The van der Waals surface area contributed by atoms with Crippen molar-refractivity contribution in [1.82, 2.24) is 25.7 Å². The van der Waals surface area contributed by atoms with Crippen LogP contribution in [0.1, 0.15) is 63.9 Å². The van der Waals surface area contributed by atoms with Gasteiger partial charge < -0.3 is 10.2 Å². The molecular formula is C22H30F2N6S. The summed E-state index contributed by atoms with van der Waals surface area (Å²) >= 11 is 1.33. The Balaban J connectivity index is 1.57. The maximum atomic E-state index is 15.6. The molecule has 168 valence electrons. The van der Waals surface area contributed by atoms with Gasteiger partial charge in [-0.05, 0) is 47.5 Å². The summed E-state index contributed by atoms with van der Waals surface area (Å²) in [6.07, 6.45) is 8.22. The lowest BCUT2D eigenvalue weighted by Crippen LogP contribution is -2.61. The zero-order valence-electron chi connectivity index (χ0n) is 18.8. The number of alkyl halides is 1. The number of H-pyrrole nitrogens is 1. The van der Waals surface area contributed by atoms with Crippen LogP contribution >= 0.6 is 11.3 Å². The molecule has 2 aromatic rings. The van der Waals surface area contributed by atoms with Gasteiger partial charge in [0.25, 0.3) is 0 Å². The van der Waals surface area contributed by atoms with Crippen LogP contribution in [-0.2, 0) is 0 Å². The summed E-state index contributed by atoms with van der Waals surface area (Å²) in [6, 6.07) is 0.273. The van der Waals surface area contributed by atoms with E-state index in [4.69, 9.17) is 0 Å². The number of nitrogens with one attached hydrogen (secondary N) is 2. The first-order valence-corrected chi connectivity index (χ1v) is 11.3. The van der Waals surface area contributed by atoms with Crippen LogP contribution in [-0.4, -0.2) is 50.2 Å². The van der Waals surface area contributed by atoms with E-state index in [0.717, 1.165) is 18.0 Å². The molecule has 0 saturated carbocycles. The molecular weight excluding hydrogens is 418 g/mol. The Labute approximate surface area is 185 Å². The second-order valence-corrected chi connectivity index (χ2v) is 11.1. The molecule has 0 aromatic carbocycles. The van der Waals surface area contributed by atoms with E-state index in [9.17, 15) is 0 Å². The summed E-state index contributed by atoms with van der Waals surface area (Å²) in [5.74, 6) is -1.64. The van der Waals surface area contributed by atoms with Crippen molar-refractivity contribution >= 4 is 22.0 Å². The second-order valence-electron chi connectivity index (χ2n) is 10.1. The van der Waals surface area contributed by atoms with Gasteiger partial charge in [-0.3, -0.25) is 5.10 Å². The lowest BCUT2D eigenvalue weighted by molar-refractivity contribution is 0.161. The zero-order chi connectivity index (χ0) is 22.6. The maximum Gasteiger partial charge on any atom is 0.208 e. The molecule has 2 unspecified atom stereocenters. The molecule has 31 heavy (non-hydrogen) atoms. The van der Waals surface area contributed by atoms with E-state index in [-0.39, 0.29) is 22.7 Å². The number of hydrogen-bond donors (Lipinski definition) is 2. The third kappa shape index (κ3) is 4.17. The monoisotopic (exact) mass is 448 g/mol.